The second-order valence-corrected chi connectivity index (χ2v) is 10.5. The molecule has 1 N–H and O–H groups in total. The van der Waals surface area contributed by atoms with Crippen LogP contribution in [-0.4, -0.2) is 36.9 Å². The fraction of sp³-hybridized carbons (Fsp3) is 0.364. The van der Waals surface area contributed by atoms with Gasteiger partial charge in [-0.25, -0.2) is 8.42 Å². The topological polar surface area (TPSA) is 88.5 Å². The van der Waals surface area contributed by atoms with Crippen LogP contribution in [0.5, 0.6) is 0 Å². The number of anilines is 1. The summed E-state index contributed by atoms with van der Waals surface area (Å²) in [7, 11) is -3.80. The first-order valence-electron chi connectivity index (χ1n) is 10.3. The molecule has 3 aromatic rings. The molecule has 1 fully saturated rings. The predicted molar refractivity (Wildman–Crippen MR) is 123 cm³/mol. The van der Waals surface area contributed by atoms with E-state index in [-0.39, 0.29) is 22.1 Å². The van der Waals surface area contributed by atoms with Crippen LogP contribution in [0.15, 0.2) is 46.1 Å². The van der Waals surface area contributed by atoms with Crippen molar-refractivity contribution in [3.05, 3.63) is 57.2 Å². The smallest absolute Gasteiger partial charge is 0.308 e. The summed E-state index contributed by atoms with van der Waals surface area (Å²) in [5.74, 6) is 0.0562. The zero-order valence-electron chi connectivity index (χ0n) is 17.6. The number of benzene rings is 2. The fourth-order valence-corrected chi connectivity index (χ4v) is 6.00. The highest BCUT2D eigenvalue weighted by Crippen LogP contribution is 2.26. The molecule has 31 heavy (non-hydrogen) atoms. The van der Waals surface area contributed by atoms with Gasteiger partial charge in [0.1, 0.15) is 0 Å². The van der Waals surface area contributed by atoms with Crippen LogP contribution in [-0.2, 0) is 21.4 Å². The Hall–Kier alpha value is -2.65. The van der Waals surface area contributed by atoms with Gasteiger partial charge in [-0.2, -0.15) is 0 Å². The van der Waals surface area contributed by atoms with E-state index in [1.165, 1.54) is 12.1 Å². The molecule has 1 aliphatic heterocycles. The number of carbonyl (C=O) groups excluding carboxylic acids is 1. The molecule has 1 aliphatic rings. The molecule has 0 unspecified atom stereocenters. The number of fused-ring (bicyclic) bond motifs is 1. The minimum Gasteiger partial charge on any atom is -0.343 e. The molecule has 0 spiro atoms. The number of hydrogen-bond acceptors (Lipinski definition) is 5. The van der Waals surface area contributed by atoms with Crippen molar-refractivity contribution >= 4 is 43.2 Å². The van der Waals surface area contributed by atoms with Gasteiger partial charge < -0.3 is 4.90 Å². The number of nitrogens with one attached hydrogen (secondary N) is 1. The maximum Gasteiger partial charge on any atom is 0.308 e. The highest BCUT2D eigenvalue weighted by molar-refractivity contribution is 7.92. The molecule has 2 heterocycles. The molecule has 1 amide bonds. The van der Waals surface area contributed by atoms with E-state index in [1.807, 2.05) is 24.8 Å². The number of sulfonamides is 1. The van der Waals surface area contributed by atoms with Crippen molar-refractivity contribution in [2.45, 2.75) is 44.6 Å². The number of hydrogen-bond donors (Lipinski definition) is 1. The van der Waals surface area contributed by atoms with Crippen molar-refractivity contribution in [3.8, 4) is 0 Å². The molecule has 0 bridgehead atoms. The lowest BCUT2D eigenvalue weighted by molar-refractivity contribution is -0.130. The van der Waals surface area contributed by atoms with E-state index >= 15 is 0 Å². The lowest BCUT2D eigenvalue weighted by Crippen LogP contribution is -2.29. The van der Waals surface area contributed by atoms with Gasteiger partial charge in [-0.3, -0.25) is 18.9 Å². The number of amides is 1. The van der Waals surface area contributed by atoms with Crippen molar-refractivity contribution in [2.24, 2.45) is 0 Å². The first-order chi connectivity index (χ1) is 14.8. The van der Waals surface area contributed by atoms with Gasteiger partial charge in [0.05, 0.1) is 20.8 Å². The van der Waals surface area contributed by atoms with Gasteiger partial charge in [0.2, 0.25) is 5.91 Å². The normalized spacial score (nSPS) is 14.3. The summed E-state index contributed by atoms with van der Waals surface area (Å²) >= 11 is 0.995. The van der Waals surface area contributed by atoms with Crippen molar-refractivity contribution in [1.29, 1.82) is 0 Å². The van der Waals surface area contributed by atoms with Crippen LogP contribution in [0.4, 0.5) is 5.69 Å². The van der Waals surface area contributed by atoms with Gasteiger partial charge in [0, 0.05) is 26.1 Å². The average Bonchev–Trinajstić information content (AvgIpc) is 3.37. The minimum absolute atomic E-state index is 0.0562. The quantitative estimate of drug-likeness (QED) is 0.611. The zero-order chi connectivity index (χ0) is 22.2. The van der Waals surface area contributed by atoms with Gasteiger partial charge in [-0.1, -0.05) is 23.5 Å². The Morgan fingerprint density at radius 1 is 1.13 bits per heavy atom. The Morgan fingerprint density at radius 2 is 1.87 bits per heavy atom. The Kier molecular flexibility index (Phi) is 5.90. The van der Waals surface area contributed by atoms with E-state index < -0.39 is 10.0 Å². The first-order valence-corrected chi connectivity index (χ1v) is 12.6. The summed E-state index contributed by atoms with van der Waals surface area (Å²) in [6, 6.07) is 10.1. The molecule has 9 heteroatoms. The van der Waals surface area contributed by atoms with Gasteiger partial charge in [0.15, 0.2) is 0 Å². The van der Waals surface area contributed by atoms with Crippen molar-refractivity contribution in [3.63, 3.8) is 0 Å². The monoisotopic (exact) mass is 459 g/mol. The van der Waals surface area contributed by atoms with Gasteiger partial charge in [0.25, 0.3) is 10.0 Å². The lowest BCUT2D eigenvalue weighted by Gasteiger charge is -2.15. The van der Waals surface area contributed by atoms with Crippen LogP contribution in [0.1, 0.15) is 30.4 Å². The summed E-state index contributed by atoms with van der Waals surface area (Å²) in [4.78, 5) is 26.6. The summed E-state index contributed by atoms with van der Waals surface area (Å²) in [6.07, 6.45) is 2.32. The Bertz CT molecular complexity index is 1300. The van der Waals surface area contributed by atoms with E-state index in [0.717, 1.165) is 48.4 Å². The summed E-state index contributed by atoms with van der Waals surface area (Å²) in [5, 5.41) is 0. The highest BCUT2D eigenvalue weighted by atomic mass is 32.2. The van der Waals surface area contributed by atoms with Gasteiger partial charge in [-0.05, 0) is 62.1 Å². The van der Waals surface area contributed by atoms with Gasteiger partial charge in [-0.15, -0.1) is 0 Å². The van der Waals surface area contributed by atoms with Crippen LogP contribution >= 0.6 is 11.3 Å². The Balaban J connectivity index is 1.58. The predicted octanol–water partition coefficient (Wildman–Crippen LogP) is 3.49. The molecule has 164 valence electrons. The van der Waals surface area contributed by atoms with E-state index in [0.29, 0.717) is 22.4 Å². The maximum absolute atomic E-state index is 12.9. The van der Waals surface area contributed by atoms with E-state index in [4.69, 9.17) is 0 Å². The second-order valence-electron chi connectivity index (χ2n) is 7.84. The Labute approximate surface area is 185 Å². The van der Waals surface area contributed by atoms with Crippen molar-refractivity contribution in [2.75, 3.05) is 17.8 Å². The van der Waals surface area contributed by atoms with Crippen molar-refractivity contribution in [1.82, 2.24) is 9.47 Å². The first kappa shape index (κ1) is 21.6. The largest absolute Gasteiger partial charge is 0.343 e. The molecular formula is C22H25N3O4S2. The molecule has 0 saturated carbocycles. The SMILES string of the molecule is Cc1cccc(NS(=O)(=O)c2ccc3c(c2)sc(=O)n3CCC(=O)N2CCCC2)c1C. The number of rotatable bonds is 6. The standard InChI is InChI=1S/C22H25N3O4S2/c1-15-6-5-7-18(16(15)2)23-31(28,29)17-8-9-19-20(14-17)30-22(27)25(19)13-10-21(26)24-11-3-4-12-24/h5-9,14,23H,3-4,10-13H2,1-2H3. The number of likely N-dealkylation sites (tertiary alicyclic amines) is 1. The molecule has 7 nitrogen and oxygen atoms in total. The molecule has 0 atom stereocenters. The lowest BCUT2D eigenvalue weighted by atomic mass is 10.1. The highest BCUT2D eigenvalue weighted by Gasteiger charge is 2.20. The van der Waals surface area contributed by atoms with Crippen LogP contribution in [0.2, 0.25) is 0 Å². The minimum atomic E-state index is -3.80. The zero-order valence-corrected chi connectivity index (χ0v) is 19.2. The molecule has 2 aromatic carbocycles. The van der Waals surface area contributed by atoms with Crippen LogP contribution in [0.3, 0.4) is 0 Å². The van der Waals surface area contributed by atoms with E-state index in [9.17, 15) is 18.0 Å². The molecular weight excluding hydrogens is 434 g/mol. The van der Waals surface area contributed by atoms with Crippen molar-refractivity contribution < 1.29 is 13.2 Å². The summed E-state index contributed by atoms with van der Waals surface area (Å²) in [5.41, 5.74) is 3.04. The number of aryl methyl sites for hydroxylation is 2. The maximum atomic E-state index is 12.9. The summed E-state index contributed by atoms with van der Waals surface area (Å²) < 4.78 is 30.6. The second kappa shape index (κ2) is 8.47. The van der Waals surface area contributed by atoms with Crippen LogP contribution in [0, 0.1) is 13.8 Å². The third-order valence-electron chi connectivity index (χ3n) is 5.81. The molecule has 4 rings (SSSR count). The molecule has 0 radical (unpaired) electrons. The average molecular weight is 460 g/mol. The molecule has 1 aromatic heterocycles. The number of nitrogens with zero attached hydrogens (tertiary/aromatic N) is 2. The Morgan fingerprint density at radius 3 is 2.61 bits per heavy atom. The third kappa shape index (κ3) is 4.38. The number of aromatic nitrogens is 1. The molecule has 0 aliphatic carbocycles. The van der Waals surface area contributed by atoms with Crippen LogP contribution in [0.25, 0.3) is 10.2 Å². The van der Waals surface area contributed by atoms with E-state index in [2.05, 4.69) is 4.72 Å². The van der Waals surface area contributed by atoms with Gasteiger partial charge >= 0.3 is 4.87 Å². The van der Waals surface area contributed by atoms with Crippen LogP contribution < -0.4 is 9.60 Å². The third-order valence-corrected chi connectivity index (χ3v) is 8.11. The number of carbonyl (C=O) groups is 1. The van der Waals surface area contributed by atoms with E-state index in [1.54, 1.807) is 22.8 Å². The fourth-order valence-electron chi connectivity index (χ4n) is 3.82. The number of thiazole rings is 1. The molecule has 1 saturated heterocycles. The summed E-state index contributed by atoms with van der Waals surface area (Å²) in [6.45, 7) is 5.65.